The molecule has 3 aliphatic heterocycles. The minimum absolute atomic E-state index is 0.179. The lowest BCUT2D eigenvalue weighted by molar-refractivity contribution is -0.151. The van der Waals surface area contributed by atoms with Crippen molar-refractivity contribution in [2.45, 2.75) is 61.1 Å². The number of aliphatic hydroxyl groups is 1. The third kappa shape index (κ3) is 3.66. The predicted molar refractivity (Wildman–Crippen MR) is 131 cm³/mol. The molecular formula is C26H34N2O5S. The van der Waals surface area contributed by atoms with E-state index >= 15 is 0 Å². The largest absolute Gasteiger partial charge is 0.481 e. The number of rotatable bonds is 10. The first-order chi connectivity index (χ1) is 16.3. The number of unbranched alkanes of at least 4 members (excludes halogenated alkanes) is 1. The van der Waals surface area contributed by atoms with E-state index in [1.165, 1.54) is 16.7 Å². The van der Waals surface area contributed by atoms with Crippen LogP contribution in [0, 0.1) is 11.8 Å². The lowest BCUT2D eigenvalue weighted by Crippen LogP contribution is -2.55. The smallest absolute Gasteiger partial charge is 0.308 e. The van der Waals surface area contributed by atoms with Crippen LogP contribution in [0.15, 0.2) is 43.0 Å². The maximum absolute atomic E-state index is 14.2. The molecular weight excluding hydrogens is 452 g/mol. The van der Waals surface area contributed by atoms with Crippen LogP contribution in [-0.4, -0.2) is 73.0 Å². The summed E-state index contributed by atoms with van der Waals surface area (Å²) in [5.74, 6) is -3.16. The zero-order chi connectivity index (χ0) is 24.7. The van der Waals surface area contributed by atoms with E-state index in [1.54, 1.807) is 11.0 Å². The molecule has 1 spiro atoms. The highest BCUT2D eigenvalue weighted by molar-refractivity contribution is 8.02. The molecule has 2 amide bonds. The van der Waals surface area contributed by atoms with Gasteiger partial charge >= 0.3 is 5.97 Å². The van der Waals surface area contributed by atoms with Gasteiger partial charge in [-0.15, -0.1) is 18.3 Å². The molecule has 0 aliphatic carbocycles. The standard InChI is InChI=1S/C26H34N2O5S/c1-4-6-15-27(14-5-2)23(31)21-26-13-12-25(3,34-26)20(24(32)33)19(26)22(30)28(21)18(16-29)17-10-8-7-9-11-17/h5,7-11,18-21,29H,2,4,6,12-16H2,1,3H3,(H,32,33)/t18-,19+,20+,21?,25-,26?/m1/s1. The van der Waals surface area contributed by atoms with E-state index in [2.05, 4.69) is 13.5 Å². The maximum Gasteiger partial charge on any atom is 0.308 e. The van der Waals surface area contributed by atoms with Crippen molar-refractivity contribution in [1.29, 1.82) is 0 Å². The van der Waals surface area contributed by atoms with E-state index in [1.807, 2.05) is 37.3 Å². The summed E-state index contributed by atoms with van der Waals surface area (Å²) >= 11 is 1.52. The number of carbonyl (C=O) groups is 3. The molecule has 3 fully saturated rings. The van der Waals surface area contributed by atoms with Crippen LogP contribution in [0.3, 0.4) is 0 Å². The summed E-state index contributed by atoms with van der Waals surface area (Å²) in [5, 5.41) is 20.6. The highest BCUT2D eigenvalue weighted by Crippen LogP contribution is 2.72. The molecule has 1 aromatic carbocycles. The molecule has 3 heterocycles. The van der Waals surface area contributed by atoms with Gasteiger partial charge in [-0.1, -0.05) is 49.8 Å². The quantitative estimate of drug-likeness (QED) is 0.493. The Bertz CT molecular complexity index is 971. The number of benzene rings is 1. The summed E-state index contributed by atoms with van der Waals surface area (Å²) in [6.45, 7) is 8.34. The Morgan fingerprint density at radius 1 is 1.32 bits per heavy atom. The molecule has 2 N–H and O–H groups in total. The molecule has 3 saturated heterocycles. The van der Waals surface area contributed by atoms with E-state index in [0.717, 1.165) is 18.4 Å². The fraction of sp³-hybridized carbons (Fsp3) is 0.577. The Morgan fingerprint density at radius 2 is 2.03 bits per heavy atom. The molecule has 184 valence electrons. The topological polar surface area (TPSA) is 98.2 Å². The molecule has 7 nitrogen and oxygen atoms in total. The van der Waals surface area contributed by atoms with E-state index in [0.29, 0.717) is 25.9 Å². The number of fused-ring (bicyclic) bond motifs is 1. The summed E-state index contributed by atoms with van der Waals surface area (Å²) in [4.78, 5) is 43.9. The van der Waals surface area contributed by atoms with Crippen molar-refractivity contribution in [3.8, 4) is 0 Å². The average molecular weight is 487 g/mol. The number of thioether (sulfide) groups is 1. The number of likely N-dealkylation sites (tertiary alicyclic amines) is 1. The van der Waals surface area contributed by atoms with Gasteiger partial charge in [0.1, 0.15) is 6.04 Å². The Kier molecular flexibility index (Phi) is 6.84. The molecule has 6 atom stereocenters. The normalized spacial score (nSPS) is 32.5. The van der Waals surface area contributed by atoms with Gasteiger partial charge in [0, 0.05) is 17.8 Å². The van der Waals surface area contributed by atoms with Crippen LogP contribution in [-0.2, 0) is 14.4 Å². The van der Waals surface area contributed by atoms with Crippen LogP contribution in [0.5, 0.6) is 0 Å². The van der Waals surface area contributed by atoms with Gasteiger partial charge in [0.05, 0.1) is 29.2 Å². The number of carbonyl (C=O) groups excluding carboxylic acids is 2. The van der Waals surface area contributed by atoms with Crippen molar-refractivity contribution < 1.29 is 24.6 Å². The molecule has 2 unspecified atom stereocenters. The number of amides is 2. The SMILES string of the molecule is C=CCN(CCCC)C(=O)C1N([C@H](CO)c2ccccc2)C(=O)[C@@H]2[C@@H](C(=O)O)[C@@]3(C)CCC12S3. The number of nitrogens with zero attached hydrogens (tertiary/aromatic N) is 2. The van der Waals surface area contributed by atoms with Gasteiger partial charge in [0.2, 0.25) is 11.8 Å². The molecule has 2 bridgehead atoms. The summed E-state index contributed by atoms with van der Waals surface area (Å²) in [6, 6.07) is 7.63. The molecule has 0 radical (unpaired) electrons. The van der Waals surface area contributed by atoms with Gasteiger partial charge in [-0.3, -0.25) is 14.4 Å². The summed E-state index contributed by atoms with van der Waals surface area (Å²) in [6.07, 6.45) is 4.66. The second kappa shape index (κ2) is 9.38. The van der Waals surface area contributed by atoms with Crippen LogP contribution in [0.1, 0.15) is 51.1 Å². The minimum atomic E-state index is -0.989. The van der Waals surface area contributed by atoms with Gasteiger partial charge in [-0.25, -0.2) is 0 Å². The average Bonchev–Trinajstić information content (AvgIpc) is 3.39. The lowest BCUT2D eigenvalue weighted by atomic mass is 9.66. The Hall–Kier alpha value is -2.32. The van der Waals surface area contributed by atoms with E-state index in [4.69, 9.17) is 0 Å². The van der Waals surface area contributed by atoms with Crippen LogP contribution < -0.4 is 0 Å². The van der Waals surface area contributed by atoms with Gasteiger partial charge in [0.15, 0.2) is 0 Å². The van der Waals surface area contributed by atoms with Gasteiger partial charge in [-0.2, -0.15) is 0 Å². The zero-order valence-electron chi connectivity index (χ0n) is 19.9. The van der Waals surface area contributed by atoms with Crippen LogP contribution >= 0.6 is 11.8 Å². The summed E-state index contributed by atoms with van der Waals surface area (Å²) in [7, 11) is 0. The first kappa shape index (κ1) is 24.8. The highest BCUT2D eigenvalue weighted by Gasteiger charge is 2.78. The number of hydrogen-bond donors (Lipinski definition) is 2. The van der Waals surface area contributed by atoms with E-state index in [-0.39, 0.29) is 18.4 Å². The predicted octanol–water partition coefficient (Wildman–Crippen LogP) is 3.10. The fourth-order valence-corrected chi connectivity index (χ4v) is 8.68. The van der Waals surface area contributed by atoms with Crippen molar-refractivity contribution in [3.63, 3.8) is 0 Å². The zero-order valence-corrected chi connectivity index (χ0v) is 20.7. The molecule has 0 saturated carbocycles. The summed E-state index contributed by atoms with van der Waals surface area (Å²) < 4.78 is -1.41. The third-order valence-corrected chi connectivity index (χ3v) is 9.84. The van der Waals surface area contributed by atoms with Crippen LogP contribution in [0.2, 0.25) is 0 Å². The highest BCUT2D eigenvalue weighted by atomic mass is 32.2. The van der Waals surface area contributed by atoms with Gasteiger partial charge in [0.25, 0.3) is 0 Å². The summed E-state index contributed by atoms with van der Waals surface area (Å²) in [5.41, 5.74) is 0.731. The van der Waals surface area contributed by atoms with Crippen molar-refractivity contribution in [2.24, 2.45) is 11.8 Å². The van der Waals surface area contributed by atoms with Crippen molar-refractivity contribution >= 4 is 29.5 Å². The van der Waals surface area contributed by atoms with Gasteiger partial charge in [-0.05, 0) is 31.7 Å². The van der Waals surface area contributed by atoms with Crippen LogP contribution in [0.25, 0.3) is 0 Å². The molecule has 0 aromatic heterocycles. The third-order valence-electron chi connectivity index (χ3n) is 7.85. The fourth-order valence-electron chi connectivity index (χ4n) is 6.35. The van der Waals surface area contributed by atoms with E-state index < -0.39 is 39.4 Å². The number of aliphatic carboxylic acids is 1. The van der Waals surface area contributed by atoms with Crippen LogP contribution in [0.4, 0.5) is 0 Å². The number of hydrogen-bond acceptors (Lipinski definition) is 5. The number of aliphatic hydroxyl groups excluding tert-OH is 1. The molecule has 34 heavy (non-hydrogen) atoms. The van der Waals surface area contributed by atoms with Crippen molar-refractivity contribution in [3.05, 3.63) is 48.6 Å². The Labute approximate surface area is 205 Å². The number of carboxylic acid groups (broad SMARTS) is 1. The second-order valence-electron chi connectivity index (χ2n) is 9.85. The van der Waals surface area contributed by atoms with Crippen molar-refractivity contribution in [1.82, 2.24) is 9.80 Å². The van der Waals surface area contributed by atoms with Crippen molar-refractivity contribution in [2.75, 3.05) is 19.7 Å². The molecule has 8 heteroatoms. The molecule has 1 aromatic rings. The second-order valence-corrected chi connectivity index (χ2v) is 11.7. The Morgan fingerprint density at radius 3 is 2.62 bits per heavy atom. The molecule has 3 aliphatic rings. The minimum Gasteiger partial charge on any atom is -0.481 e. The molecule has 4 rings (SSSR count). The monoisotopic (exact) mass is 486 g/mol. The lowest BCUT2D eigenvalue weighted by Gasteiger charge is -2.39. The van der Waals surface area contributed by atoms with E-state index in [9.17, 15) is 24.6 Å². The maximum atomic E-state index is 14.2. The first-order valence-corrected chi connectivity index (χ1v) is 12.9. The number of carboxylic acids is 1. The van der Waals surface area contributed by atoms with Gasteiger partial charge < -0.3 is 20.0 Å². The Balaban J connectivity index is 1.84. The first-order valence-electron chi connectivity index (χ1n) is 12.1.